The van der Waals surface area contributed by atoms with Crippen LogP contribution in [0, 0.1) is 0 Å². The van der Waals surface area contributed by atoms with Gasteiger partial charge in [0.05, 0.1) is 0 Å². The Morgan fingerprint density at radius 3 is 1.12 bits per heavy atom. The maximum atomic E-state index is 3.84. The van der Waals surface area contributed by atoms with Crippen LogP contribution in [0.5, 0.6) is 0 Å². The minimum absolute atomic E-state index is 0.120. The van der Waals surface area contributed by atoms with Gasteiger partial charge in [-0.05, 0) is 11.5 Å². The van der Waals surface area contributed by atoms with Crippen LogP contribution in [0.3, 0.4) is 0 Å². The van der Waals surface area contributed by atoms with Crippen molar-refractivity contribution in [2.45, 2.75) is 19.6 Å². The third-order valence-corrected chi connectivity index (χ3v) is 0.900. The Morgan fingerprint density at radius 2 is 1.12 bits per heavy atom. The van der Waals surface area contributed by atoms with Crippen molar-refractivity contribution in [1.82, 2.24) is 0 Å². The number of hydrogen-bond donors (Lipinski definition) is 2. The summed E-state index contributed by atoms with van der Waals surface area (Å²) in [6.07, 6.45) is 0. The van der Waals surface area contributed by atoms with E-state index in [2.05, 4.69) is 44.9 Å². The zero-order valence-corrected chi connectivity index (χ0v) is 8.60. The third-order valence-electron chi connectivity index (χ3n) is 0.1000. The summed E-state index contributed by atoms with van der Waals surface area (Å²) in [6.45, 7) is 6.81. The molecular weight excluding hydrogens is 152 g/mol. The Balaban J connectivity index is 0. The van der Waals surface area contributed by atoms with Crippen molar-refractivity contribution in [3.8, 4) is 0 Å². The van der Waals surface area contributed by atoms with Crippen molar-refractivity contribution in [2.75, 3.05) is 11.5 Å². The van der Waals surface area contributed by atoms with Gasteiger partial charge in [0.15, 0.2) is 0 Å². The summed E-state index contributed by atoms with van der Waals surface area (Å²) in [5.41, 5.74) is 0. The molecule has 0 N–H and O–H groups in total. The standard InChI is InChI=1S/C3H9Si.C2H6S2/c1-4(2)3;3-1-2-4/h1-3H3;3-4H,1-2H2. The summed E-state index contributed by atoms with van der Waals surface area (Å²) in [5, 5.41) is 0. The Hall–Kier alpha value is 0.917. The minimum atomic E-state index is 0.120. The van der Waals surface area contributed by atoms with Crippen molar-refractivity contribution >= 4 is 34.1 Å². The van der Waals surface area contributed by atoms with E-state index in [4.69, 9.17) is 0 Å². The second-order valence-electron chi connectivity index (χ2n) is 1.95. The minimum Gasteiger partial charge on any atom is -0.179 e. The first-order valence-corrected chi connectivity index (χ1v) is 6.90. The Kier molecular flexibility index (Phi) is 15.8. The van der Waals surface area contributed by atoms with Gasteiger partial charge in [0.2, 0.25) is 0 Å². The third kappa shape index (κ3) is 65.9. The van der Waals surface area contributed by atoms with E-state index < -0.39 is 0 Å². The molecular formula is C5H15S2Si. The average Bonchev–Trinajstić information content (AvgIpc) is 1.65. The van der Waals surface area contributed by atoms with Gasteiger partial charge in [0.25, 0.3) is 0 Å². The highest BCUT2D eigenvalue weighted by Crippen LogP contribution is 1.73. The summed E-state index contributed by atoms with van der Waals surface area (Å²) in [7, 11) is 0.120. The zero-order chi connectivity index (χ0) is 6.99. The average molecular weight is 167 g/mol. The van der Waals surface area contributed by atoms with Crippen LogP contribution < -0.4 is 0 Å². The Bertz CT molecular complexity index is 26.9. The van der Waals surface area contributed by atoms with Crippen molar-refractivity contribution in [3.63, 3.8) is 0 Å². The highest BCUT2D eigenvalue weighted by molar-refractivity contribution is 7.84. The van der Waals surface area contributed by atoms with Crippen LogP contribution >= 0.6 is 25.3 Å². The molecule has 3 heteroatoms. The first kappa shape index (κ1) is 11.7. The van der Waals surface area contributed by atoms with Gasteiger partial charge in [-0.2, -0.15) is 25.3 Å². The van der Waals surface area contributed by atoms with E-state index in [1.165, 1.54) is 0 Å². The highest BCUT2D eigenvalue weighted by Gasteiger charge is 1.72. The molecule has 0 saturated heterocycles. The lowest BCUT2D eigenvalue weighted by molar-refractivity contribution is 1.59. The largest absolute Gasteiger partial charge is 0.179 e. The van der Waals surface area contributed by atoms with E-state index in [0.29, 0.717) is 0 Å². The molecule has 0 rings (SSSR count). The summed E-state index contributed by atoms with van der Waals surface area (Å²) in [5.74, 6) is 1.76. The molecule has 0 aliphatic heterocycles. The fourth-order valence-electron chi connectivity index (χ4n) is 0. The molecule has 0 heterocycles. The first-order chi connectivity index (χ1) is 3.65. The van der Waals surface area contributed by atoms with Gasteiger partial charge in [-0.25, -0.2) is 0 Å². The molecule has 0 fully saturated rings. The predicted octanol–water partition coefficient (Wildman–Crippen LogP) is 2.22. The van der Waals surface area contributed by atoms with Crippen LogP contribution in [0.2, 0.25) is 19.6 Å². The maximum Gasteiger partial charge on any atom is 0.0379 e. The van der Waals surface area contributed by atoms with Gasteiger partial charge in [0, 0.05) is 8.80 Å². The summed E-state index contributed by atoms with van der Waals surface area (Å²) in [6, 6.07) is 0. The van der Waals surface area contributed by atoms with E-state index in [0.717, 1.165) is 11.5 Å². The summed E-state index contributed by atoms with van der Waals surface area (Å²) in [4.78, 5) is 0. The summed E-state index contributed by atoms with van der Waals surface area (Å²) < 4.78 is 0. The lowest BCUT2D eigenvalue weighted by Gasteiger charge is -1.75. The van der Waals surface area contributed by atoms with E-state index in [1.54, 1.807) is 0 Å². The molecule has 0 aliphatic carbocycles. The second-order valence-corrected chi connectivity index (χ2v) is 5.84. The van der Waals surface area contributed by atoms with Crippen molar-refractivity contribution in [3.05, 3.63) is 0 Å². The van der Waals surface area contributed by atoms with Crippen LogP contribution in [0.4, 0.5) is 0 Å². The van der Waals surface area contributed by atoms with Crippen molar-refractivity contribution in [2.24, 2.45) is 0 Å². The molecule has 0 aliphatic rings. The Morgan fingerprint density at radius 1 is 1.00 bits per heavy atom. The lowest BCUT2D eigenvalue weighted by Crippen LogP contribution is -1.84. The highest BCUT2D eigenvalue weighted by atomic mass is 32.1. The van der Waals surface area contributed by atoms with Crippen molar-refractivity contribution in [1.29, 1.82) is 0 Å². The molecule has 0 amide bonds. The van der Waals surface area contributed by atoms with Gasteiger partial charge in [0.1, 0.15) is 0 Å². The SMILES string of the molecule is C[Si](C)C.SCCS. The first-order valence-electron chi connectivity index (χ1n) is 2.63. The Labute approximate surface area is 65.5 Å². The van der Waals surface area contributed by atoms with Crippen molar-refractivity contribution < 1.29 is 0 Å². The molecule has 0 saturated carbocycles. The van der Waals surface area contributed by atoms with Gasteiger partial charge < -0.3 is 0 Å². The molecule has 0 aromatic rings. The number of thiol groups is 2. The molecule has 8 heavy (non-hydrogen) atoms. The topological polar surface area (TPSA) is 0 Å². The second kappa shape index (κ2) is 10.8. The van der Waals surface area contributed by atoms with Crippen LogP contribution in [-0.4, -0.2) is 20.3 Å². The predicted molar refractivity (Wildman–Crippen MR) is 51.1 cm³/mol. The summed E-state index contributed by atoms with van der Waals surface area (Å²) >= 11 is 7.69. The van der Waals surface area contributed by atoms with E-state index in [-0.39, 0.29) is 8.80 Å². The van der Waals surface area contributed by atoms with Gasteiger partial charge in [-0.1, -0.05) is 19.6 Å². The smallest absolute Gasteiger partial charge is 0.0379 e. The van der Waals surface area contributed by atoms with Crippen LogP contribution in [0.1, 0.15) is 0 Å². The van der Waals surface area contributed by atoms with Gasteiger partial charge in [-0.3, -0.25) is 0 Å². The van der Waals surface area contributed by atoms with Gasteiger partial charge in [-0.15, -0.1) is 0 Å². The monoisotopic (exact) mass is 167 g/mol. The number of hydrogen-bond acceptors (Lipinski definition) is 2. The van der Waals surface area contributed by atoms with Gasteiger partial charge >= 0.3 is 0 Å². The molecule has 0 bridgehead atoms. The molecule has 0 aromatic heterocycles. The number of rotatable bonds is 1. The van der Waals surface area contributed by atoms with Crippen LogP contribution in [0.25, 0.3) is 0 Å². The quantitative estimate of drug-likeness (QED) is 0.434. The molecule has 51 valence electrons. The maximum absolute atomic E-state index is 3.84. The molecule has 0 nitrogen and oxygen atoms in total. The molecule has 0 spiro atoms. The fourth-order valence-corrected chi connectivity index (χ4v) is 0. The lowest BCUT2D eigenvalue weighted by atomic mass is 11.0. The normalized spacial score (nSPS) is 8.25. The molecule has 1 radical (unpaired) electrons. The van der Waals surface area contributed by atoms with Crippen LogP contribution in [-0.2, 0) is 0 Å². The molecule has 0 atom stereocenters. The molecule has 0 aromatic carbocycles. The zero-order valence-electron chi connectivity index (χ0n) is 5.81. The van der Waals surface area contributed by atoms with Crippen LogP contribution in [0.15, 0.2) is 0 Å². The van der Waals surface area contributed by atoms with E-state index >= 15 is 0 Å². The molecule has 0 unspecified atom stereocenters. The van der Waals surface area contributed by atoms with E-state index in [1.807, 2.05) is 0 Å². The fraction of sp³-hybridized carbons (Fsp3) is 1.00. The van der Waals surface area contributed by atoms with E-state index in [9.17, 15) is 0 Å².